The molecule has 0 spiro atoms. The first kappa shape index (κ1) is 18.6. The van der Waals surface area contributed by atoms with Crippen molar-refractivity contribution >= 4 is 35.2 Å². The zero-order chi connectivity index (χ0) is 19.5. The molecule has 2 aromatic carbocycles. The van der Waals surface area contributed by atoms with E-state index in [-0.39, 0.29) is 23.6 Å². The molecular weight excluding hydrogens is 376 g/mol. The van der Waals surface area contributed by atoms with Crippen LogP contribution in [0.25, 0.3) is 6.08 Å². The molecule has 0 bridgehead atoms. The van der Waals surface area contributed by atoms with Crippen LogP contribution in [-0.4, -0.2) is 17.9 Å². The van der Waals surface area contributed by atoms with Crippen molar-refractivity contribution in [2.45, 2.75) is 38.1 Å². The Bertz CT molecular complexity index is 931. The predicted octanol–water partition coefficient (Wildman–Crippen LogP) is 4.77. The molecule has 2 aliphatic rings. The fraction of sp³-hybridized carbons (Fsp3) is 0.273. The van der Waals surface area contributed by atoms with Crippen LogP contribution in [0.1, 0.15) is 48.0 Å². The number of fused-ring (bicyclic) bond motifs is 1. The van der Waals surface area contributed by atoms with Gasteiger partial charge in [-0.1, -0.05) is 43.0 Å². The third-order valence-corrected chi connectivity index (χ3v) is 5.29. The van der Waals surface area contributed by atoms with Gasteiger partial charge in [-0.25, -0.2) is 0 Å². The molecule has 0 aromatic heterocycles. The standard InChI is InChI=1S/C22H21ClN2O3/c23-16-9-6-14(7-10-16)12-20-22(27)25-18-13-15(8-11-19(18)28-20)21(26)24-17-4-2-1-3-5-17/h6-13,17H,1-5H2,(H,24,26)(H,25,27). The minimum Gasteiger partial charge on any atom is -0.449 e. The molecule has 1 heterocycles. The van der Waals surface area contributed by atoms with E-state index in [0.29, 0.717) is 22.0 Å². The number of benzene rings is 2. The molecule has 5 nitrogen and oxygen atoms in total. The largest absolute Gasteiger partial charge is 0.449 e. The average Bonchev–Trinajstić information content (AvgIpc) is 2.70. The van der Waals surface area contributed by atoms with Gasteiger partial charge >= 0.3 is 0 Å². The van der Waals surface area contributed by atoms with E-state index in [9.17, 15) is 9.59 Å². The lowest BCUT2D eigenvalue weighted by Gasteiger charge is -2.24. The van der Waals surface area contributed by atoms with Crippen LogP contribution in [0.15, 0.2) is 48.2 Å². The zero-order valence-electron chi connectivity index (χ0n) is 15.3. The first-order valence-corrected chi connectivity index (χ1v) is 9.88. The summed E-state index contributed by atoms with van der Waals surface area (Å²) in [6.07, 6.45) is 7.24. The Balaban J connectivity index is 1.50. The molecule has 0 radical (unpaired) electrons. The molecule has 144 valence electrons. The van der Waals surface area contributed by atoms with Gasteiger partial charge in [0.2, 0.25) is 0 Å². The molecule has 4 rings (SSSR count). The highest BCUT2D eigenvalue weighted by Gasteiger charge is 2.24. The number of rotatable bonds is 3. The van der Waals surface area contributed by atoms with Crippen LogP contribution < -0.4 is 15.4 Å². The average molecular weight is 397 g/mol. The molecule has 6 heteroatoms. The van der Waals surface area contributed by atoms with Gasteiger partial charge in [-0.3, -0.25) is 9.59 Å². The van der Waals surface area contributed by atoms with Gasteiger partial charge in [0, 0.05) is 16.6 Å². The number of carbonyl (C=O) groups is 2. The van der Waals surface area contributed by atoms with Crippen LogP contribution in [-0.2, 0) is 4.79 Å². The summed E-state index contributed by atoms with van der Waals surface area (Å²) in [6.45, 7) is 0. The second-order valence-corrected chi connectivity index (χ2v) is 7.57. The van der Waals surface area contributed by atoms with Crippen molar-refractivity contribution in [3.8, 4) is 5.75 Å². The third-order valence-electron chi connectivity index (χ3n) is 5.04. The van der Waals surface area contributed by atoms with Crippen LogP contribution >= 0.6 is 11.6 Å². The van der Waals surface area contributed by atoms with E-state index in [2.05, 4.69) is 10.6 Å². The smallest absolute Gasteiger partial charge is 0.291 e. The molecule has 1 fully saturated rings. The van der Waals surface area contributed by atoms with Crippen LogP contribution in [0.2, 0.25) is 5.02 Å². The highest BCUT2D eigenvalue weighted by Crippen LogP contribution is 2.32. The lowest BCUT2D eigenvalue weighted by molar-refractivity contribution is -0.115. The summed E-state index contributed by atoms with van der Waals surface area (Å²) in [6, 6.07) is 12.4. The molecule has 0 saturated heterocycles. The van der Waals surface area contributed by atoms with Gasteiger partial charge in [-0.2, -0.15) is 0 Å². The first-order chi connectivity index (χ1) is 13.6. The van der Waals surface area contributed by atoms with Crippen LogP contribution in [0.4, 0.5) is 5.69 Å². The Hall–Kier alpha value is -2.79. The van der Waals surface area contributed by atoms with Gasteiger partial charge in [-0.15, -0.1) is 0 Å². The summed E-state index contributed by atoms with van der Waals surface area (Å²) in [5, 5.41) is 6.51. The zero-order valence-corrected chi connectivity index (χ0v) is 16.1. The number of hydrogen-bond acceptors (Lipinski definition) is 3. The van der Waals surface area contributed by atoms with Crippen molar-refractivity contribution in [3.05, 3.63) is 64.4 Å². The summed E-state index contributed by atoms with van der Waals surface area (Å²) >= 11 is 5.89. The van der Waals surface area contributed by atoms with Crippen LogP contribution in [0, 0.1) is 0 Å². The third kappa shape index (κ3) is 4.20. The number of amides is 2. The van der Waals surface area contributed by atoms with E-state index >= 15 is 0 Å². The normalized spacial score (nSPS) is 18.2. The molecule has 28 heavy (non-hydrogen) atoms. The SMILES string of the molecule is O=C1Nc2cc(C(=O)NC3CCCCC3)ccc2OC1=Cc1ccc(Cl)cc1. The van der Waals surface area contributed by atoms with Gasteiger partial charge in [0.05, 0.1) is 5.69 Å². The van der Waals surface area contributed by atoms with E-state index in [0.717, 1.165) is 31.2 Å². The molecule has 0 atom stereocenters. The molecule has 2 N–H and O–H groups in total. The minimum absolute atomic E-state index is 0.119. The van der Waals surface area contributed by atoms with Crippen molar-refractivity contribution in [2.24, 2.45) is 0 Å². The van der Waals surface area contributed by atoms with Gasteiger partial charge < -0.3 is 15.4 Å². The number of halogens is 1. The number of nitrogens with one attached hydrogen (secondary N) is 2. The maximum atomic E-state index is 12.5. The van der Waals surface area contributed by atoms with Crippen molar-refractivity contribution in [1.29, 1.82) is 0 Å². The monoisotopic (exact) mass is 396 g/mol. The van der Waals surface area contributed by atoms with Gasteiger partial charge in [0.1, 0.15) is 0 Å². The minimum atomic E-state index is -0.354. The Morgan fingerprint density at radius 3 is 2.61 bits per heavy atom. The molecule has 0 unspecified atom stereocenters. The lowest BCUT2D eigenvalue weighted by Crippen LogP contribution is -2.36. The first-order valence-electron chi connectivity index (χ1n) is 9.50. The van der Waals surface area contributed by atoms with Gasteiger partial charge in [0.25, 0.3) is 11.8 Å². The van der Waals surface area contributed by atoms with E-state index in [1.807, 2.05) is 0 Å². The number of anilines is 1. The van der Waals surface area contributed by atoms with E-state index in [1.54, 1.807) is 48.5 Å². The van der Waals surface area contributed by atoms with Crippen molar-refractivity contribution < 1.29 is 14.3 Å². The number of hydrogen-bond donors (Lipinski definition) is 2. The van der Waals surface area contributed by atoms with Gasteiger partial charge in [0.15, 0.2) is 11.5 Å². The van der Waals surface area contributed by atoms with Crippen LogP contribution in [0.3, 0.4) is 0 Å². The number of carbonyl (C=O) groups excluding carboxylic acids is 2. The lowest BCUT2D eigenvalue weighted by atomic mass is 9.95. The maximum absolute atomic E-state index is 12.5. The van der Waals surface area contributed by atoms with Crippen molar-refractivity contribution in [2.75, 3.05) is 5.32 Å². The number of ether oxygens (including phenoxy) is 1. The maximum Gasteiger partial charge on any atom is 0.291 e. The molecule has 1 saturated carbocycles. The molecule has 1 aliphatic carbocycles. The molecular formula is C22H21ClN2O3. The van der Waals surface area contributed by atoms with Gasteiger partial charge in [-0.05, 0) is 54.8 Å². The quantitative estimate of drug-likeness (QED) is 0.734. The summed E-state index contributed by atoms with van der Waals surface area (Å²) in [5.41, 5.74) is 1.81. The summed E-state index contributed by atoms with van der Waals surface area (Å²) in [5.74, 6) is 0.224. The highest BCUT2D eigenvalue weighted by molar-refractivity contribution is 6.30. The topological polar surface area (TPSA) is 67.4 Å². The second kappa shape index (κ2) is 8.07. The fourth-order valence-electron chi connectivity index (χ4n) is 3.53. The Labute approximate surface area is 168 Å². The molecule has 1 aliphatic heterocycles. The highest BCUT2D eigenvalue weighted by atomic mass is 35.5. The van der Waals surface area contributed by atoms with E-state index < -0.39 is 0 Å². The second-order valence-electron chi connectivity index (χ2n) is 7.14. The molecule has 2 aromatic rings. The van der Waals surface area contributed by atoms with E-state index in [1.165, 1.54) is 6.42 Å². The predicted molar refractivity (Wildman–Crippen MR) is 109 cm³/mol. The fourth-order valence-corrected chi connectivity index (χ4v) is 3.65. The molecule has 2 amide bonds. The van der Waals surface area contributed by atoms with E-state index in [4.69, 9.17) is 16.3 Å². The summed E-state index contributed by atoms with van der Waals surface area (Å²) in [7, 11) is 0. The van der Waals surface area contributed by atoms with Crippen LogP contribution in [0.5, 0.6) is 5.75 Å². The summed E-state index contributed by atoms with van der Waals surface area (Å²) < 4.78 is 5.75. The summed E-state index contributed by atoms with van der Waals surface area (Å²) in [4.78, 5) is 24.9. The Morgan fingerprint density at radius 2 is 1.86 bits per heavy atom. The van der Waals surface area contributed by atoms with Crippen molar-refractivity contribution in [3.63, 3.8) is 0 Å². The van der Waals surface area contributed by atoms with Crippen molar-refractivity contribution in [1.82, 2.24) is 5.32 Å². The Morgan fingerprint density at radius 1 is 1.11 bits per heavy atom. The Kier molecular flexibility index (Phi) is 5.35.